The molecule has 1 aromatic carbocycles. The molecular weight excluding hydrogens is 314 g/mol. The predicted octanol–water partition coefficient (Wildman–Crippen LogP) is 1.03. The molecule has 3 rings (SSSR count). The second-order valence-electron chi connectivity index (χ2n) is 5.42. The van der Waals surface area contributed by atoms with Gasteiger partial charge in [-0.2, -0.15) is 0 Å². The molecular formula is C16H17N3O3S. The van der Waals surface area contributed by atoms with Crippen LogP contribution in [0.15, 0.2) is 46.9 Å². The quantitative estimate of drug-likeness (QED) is 0.496. The second-order valence-corrected chi connectivity index (χ2v) is 6.33. The molecule has 3 atom stereocenters. The van der Waals surface area contributed by atoms with Crippen LogP contribution < -0.4 is 11.1 Å². The third kappa shape index (κ3) is 2.98. The summed E-state index contributed by atoms with van der Waals surface area (Å²) in [7, 11) is 0. The van der Waals surface area contributed by atoms with Crippen molar-refractivity contribution in [3.63, 3.8) is 0 Å². The van der Waals surface area contributed by atoms with Gasteiger partial charge >= 0.3 is 0 Å². The zero-order chi connectivity index (χ0) is 16.4. The topological polar surface area (TPSA) is 108 Å². The van der Waals surface area contributed by atoms with E-state index in [1.54, 1.807) is 6.07 Å². The van der Waals surface area contributed by atoms with Crippen LogP contribution in [-0.2, 0) is 11.2 Å². The van der Waals surface area contributed by atoms with E-state index < -0.39 is 18.2 Å². The average molecular weight is 331 g/mol. The molecule has 7 heteroatoms. The van der Waals surface area contributed by atoms with Crippen molar-refractivity contribution in [2.24, 2.45) is 10.9 Å². The lowest BCUT2D eigenvalue weighted by Crippen LogP contribution is -2.46. The number of thiophene rings is 1. The van der Waals surface area contributed by atoms with Gasteiger partial charge in [-0.15, -0.1) is 11.3 Å². The number of nitrogens with two attached hydrogens (primary N) is 1. The van der Waals surface area contributed by atoms with Crippen molar-refractivity contribution in [3.8, 4) is 0 Å². The molecule has 0 saturated heterocycles. The lowest BCUT2D eigenvalue weighted by atomic mass is 10.0. The van der Waals surface area contributed by atoms with Crippen LogP contribution in [0.5, 0.6) is 0 Å². The number of hydrogen-bond donors (Lipinski definition) is 4. The molecule has 2 aromatic rings. The Kier molecular flexibility index (Phi) is 4.42. The fourth-order valence-electron chi connectivity index (χ4n) is 2.72. The number of amides is 1. The van der Waals surface area contributed by atoms with E-state index in [0.29, 0.717) is 11.3 Å². The summed E-state index contributed by atoms with van der Waals surface area (Å²) in [5.41, 5.74) is 7.86. The Bertz CT molecular complexity index is 729. The van der Waals surface area contributed by atoms with E-state index in [9.17, 15) is 9.90 Å². The van der Waals surface area contributed by atoms with Gasteiger partial charge in [0.15, 0.2) is 0 Å². The number of fused-ring (bicyclic) bond motifs is 1. The summed E-state index contributed by atoms with van der Waals surface area (Å²) in [6.07, 6.45) is -0.664. The molecule has 1 heterocycles. The van der Waals surface area contributed by atoms with E-state index in [2.05, 4.69) is 10.5 Å². The van der Waals surface area contributed by atoms with Crippen LogP contribution in [0, 0.1) is 0 Å². The van der Waals surface area contributed by atoms with Crippen molar-refractivity contribution in [1.82, 2.24) is 5.32 Å². The molecule has 0 saturated carbocycles. The summed E-state index contributed by atoms with van der Waals surface area (Å²) < 4.78 is 0. The van der Waals surface area contributed by atoms with Crippen molar-refractivity contribution < 1.29 is 15.1 Å². The van der Waals surface area contributed by atoms with Gasteiger partial charge in [0, 0.05) is 0 Å². The van der Waals surface area contributed by atoms with E-state index in [4.69, 9.17) is 10.9 Å². The Morgan fingerprint density at radius 2 is 2.09 bits per heavy atom. The number of nitrogens with one attached hydrogen (secondary N) is 1. The van der Waals surface area contributed by atoms with Gasteiger partial charge in [-0.1, -0.05) is 35.5 Å². The molecule has 0 radical (unpaired) electrons. The first-order valence-electron chi connectivity index (χ1n) is 7.19. The third-order valence-corrected chi connectivity index (χ3v) is 4.85. The zero-order valence-corrected chi connectivity index (χ0v) is 13.0. The van der Waals surface area contributed by atoms with E-state index in [1.807, 2.05) is 35.7 Å². The first-order valence-corrected chi connectivity index (χ1v) is 8.07. The van der Waals surface area contributed by atoms with Crippen LogP contribution in [0.4, 0.5) is 0 Å². The molecule has 1 aromatic heterocycles. The number of oxime groups is 1. The van der Waals surface area contributed by atoms with Crippen molar-refractivity contribution in [2.45, 2.75) is 24.6 Å². The van der Waals surface area contributed by atoms with Crippen LogP contribution in [0.25, 0.3) is 0 Å². The van der Waals surface area contributed by atoms with E-state index in [0.717, 1.165) is 11.1 Å². The minimum absolute atomic E-state index is 0.178. The van der Waals surface area contributed by atoms with Crippen LogP contribution in [0.2, 0.25) is 0 Å². The van der Waals surface area contributed by atoms with Crippen molar-refractivity contribution >= 4 is 23.0 Å². The molecule has 23 heavy (non-hydrogen) atoms. The van der Waals surface area contributed by atoms with Gasteiger partial charge in [0.25, 0.3) is 0 Å². The lowest BCUT2D eigenvalue weighted by Gasteiger charge is -2.20. The summed E-state index contributed by atoms with van der Waals surface area (Å²) in [4.78, 5) is 13.0. The smallest absolute Gasteiger partial charge is 0.237 e. The first-order chi connectivity index (χ1) is 11.1. The Morgan fingerprint density at radius 1 is 1.35 bits per heavy atom. The fourth-order valence-corrected chi connectivity index (χ4v) is 3.68. The molecule has 6 nitrogen and oxygen atoms in total. The highest BCUT2D eigenvalue weighted by molar-refractivity contribution is 7.12. The van der Waals surface area contributed by atoms with Crippen molar-refractivity contribution in [3.05, 3.63) is 57.8 Å². The first kappa shape index (κ1) is 15.7. The monoisotopic (exact) mass is 331 g/mol. The number of aliphatic hydroxyl groups is 1. The zero-order valence-electron chi connectivity index (χ0n) is 12.2. The van der Waals surface area contributed by atoms with Crippen LogP contribution in [-0.4, -0.2) is 34.1 Å². The fraction of sp³-hybridized carbons (Fsp3) is 0.250. The highest BCUT2D eigenvalue weighted by Gasteiger charge is 2.39. The molecule has 0 aliphatic heterocycles. The molecule has 1 aliphatic carbocycles. The number of aliphatic hydroxyl groups excluding tert-OH is 1. The second kappa shape index (κ2) is 6.49. The maximum absolute atomic E-state index is 12.3. The molecule has 0 spiro atoms. The van der Waals surface area contributed by atoms with Gasteiger partial charge in [0.05, 0.1) is 17.0 Å². The molecule has 0 bridgehead atoms. The van der Waals surface area contributed by atoms with Gasteiger partial charge in [-0.3, -0.25) is 4.79 Å². The Hall–Kier alpha value is -2.22. The maximum atomic E-state index is 12.3. The van der Waals surface area contributed by atoms with Crippen LogP contribution >= 0.6 is 11.3 Å². The summed E-state index contributed by atoms with van der Waals surface area (Å²) in [5.74, 6) is -0.353. The normalized spacial score (nSPS) is 22.8. The summed E-state index contributed by atoms with van der Waals surface area (Å²) in [6.45, 7) is 0. The lowest BCUT2D eigenvalue weighted by molar-refractivity contribution is -0.123. The van der Waals surface area contributed by atoms with Gasteiger partial charge in [-0.05, 0) is 29.0 Å². The largest absolute Gasteiger partial charge is 0.411 e. The van der Waals surface area contributed by atoms with Crippen LogP contribution in [0.1, 0.15) is 22.0 Å². The molecule has 120 valence electrons. The minimum atomic E-state index is -1.07. The molecule has 1 unspecified atom stereocenters. The van der Waals surface area contributed by atoms with Gasteiger partial charge in [0.2, 0.25) is 5.91 Å². The maximum Gasteiger partial charge on any atom is 0.237 e. The summed E-state index contributed by atoms with van der Waals surface area (Å²) in [6, 6.07) is 9.94. The average Bonchev–Trinajstić information content (AvgIpc) is 3.11. The molecule has 0 fully saturated rings. The molecule has 1 aliphatic rings. The van der Waals surface area contributed by atoms with Crippen molar-refractivity contribution in [1.29, 1.82) is 0 Å². The number of hydrogen-bond acceptors (Lipinski definition) is 6. The predicted molar refractivity (Wildman–Crippen MR) is 87.7 cm³/mol. The Labute approximate surface area is 137 Å². The summed E-state index contributed by atoms with van der Waals surface area (Å²) in [5, 5.41) is 27.0. The molecule has 5 N–H and O–H groups in total. The third-order valence-electron chi connectivity index (χ3n) is 3.90. The molecule has 1 amide bonds. The number of carbonyl (C=O) groups is 1. The number of benzene rings is 1. The number of rotatable bonds is 4. The Morgan fingerprint density at radius 3 is 2.78 bits per heavy atom. The van der Waals surface area contributed by atoms with Gasteiger partial charge in [-0.25, -0.2) is 0 Å². The SMILES string of the molecule is NC(Cc1ccccc1)C(=O)N[C@H]1c2ccsc2C(=NO)[C@H]1O. The Balaban J connectivity index is 1.71. The highest BCUT2D eigenvalue weighted by atomic mass is 32.1. The van der Waals surface area contributed by atoms with Crippen LogP contribution in [0.3, 0.4) is 0 Å². The van der Waals surface area contributed by atoms with E-state index >= 15 is 0 Å². The van der Waals surface area contributed by atoms with E-state index in [-0.39, 0.29) is 11.6 Å². The standard InChI is InChI=1S/C16H17N3O3S/c17-11(8-9-4-2-1-3-5-9)16(21)18-12-10-6-7-23-15(10)13(19-22)14(12)20/h1-7,11-12,14,20,22H,8,17H2,(H,18,21)/t11?,12-,14-/m0/s1. The van der Waals surface area contributed by atoms with Crippen molar-refractivity contribution in [2.75, 3.05) is 0 Å². The summed E-state index contributed by atoms with van der Waals surface area (Å²) >= 11 is 1.36. The number of carbonyl (C=O) groups excluding carboxylic acids is 1. The number of nitrogens with zero attached hydrogens (tertiary/aromatic N) is 1. The van der Waals surface area contributed by atoms with Gasteiger partial charge in [0.1, 0.15) is 11.8 Å². The minimum Gasteiger partial charge on any atom is -0.411 e. The van der Waals surface area contributed by atoms with Gasteiger partial charge < -0.3 is 21.4 Å². The van der Waals surface area contributed by atoms with E-state index in [1.165, 1.54) is 11.3 Å². The highest BCUT2D eigenvalue weighted by Crippen LogP contribution is 2.35.